The highest BCUT2D eigenvalue weighted by molar-refractivity contribution is 7.89. The van der Waals surface area contributed by atoms with E-state index in [1.807, 2.05) is 0 Å². The molecule has 0 aromatic heterocycles. The van der Waals surface area contributed by atoms with E-state index in [2.05, 4.69) is 12.2 Å². The van der Waals surface area contributed by atoms with Crippen LogP contribution in [0.4, 0.5) is 0 Å². The molecule has 16 heavy (non-hydrogen) atoms. The van der Waals surface area contributed by atoms with Gasteiger partial charge in [0.25, 0.3) is 0 Å². The Balaban J connectivity index is 2.07. The fourth-order valence-corrected chi connectivity index (χ4v) is 2.90. The van der Waals surface area contributed by atoms with Gasteiger partial charge in [0.05, 0.1) is 5.75 Å². The molecule has 0 aromatic rings. The summed E-state index contributed by atoms with van der Waals surface area (Å²) < 4.78 is 21.4. The minimum atomic E-state index is -3.28. The van der Waals surface area contributed by atoms with Crippen molar-refractivity contribution in [3.05, 3.63) is 0 Å². The summed E-state index contributed by atoms with van der Waals surface area (Å²) in [5, 5.41) is 8.35. The zero-order chi connectivity index (χ0) is 12.0. The maximum atomic E-state index is 10.7. The number of primary sulfonamides is 1. The number of nitrogens with two attached hydrogens (primary N) is 1. The van der Waals surface area contributed by atoms with Crippen LogP contribution in [0.15, 0.2) is 0 Å². The van der Waals surface area contributed by atoms with Gasteiger partial charge in [-0.3, -0.25) is 0 Å². The molecule has 0 atom stereocenters. The van der Waals surface area contributed by atoms with Gasteiger partial charge in [-0.05, 0) is 44.6 Å². The predicted molar refractivity (Wildman–Crippen MR) is 66.6 cm³/mol. The second kappa shape index (κ2) is 6.57. The summed E-state index contributed by atoms with van der Waals surface area (Å²) in [6, 6.07) is 0.586. The SMILES string of the molecule is CCC1CCC(NCCCS(N)(=O)=O)CC1. The summed E-state index contributed by atoms with van der Waals surface area (Å²) in [6.07, 6.45) is 6.99. The van der Waals surface area contributed by atoms with Crippen LogP contribution >= 0.6 is 0 Å². The van der Waals surface area contributed by atoms with Gasteiger partial charge in [0.2, 0.25) is 10.0 Å². The van der Waals surface area contributed by atoms with Crippen molar-refractivity contribution in [2.75, 3.05) is 12.3 Å². The van der Waals surface area contributed by atoms with Crippen LogP contribution in [0, 0.1) is 5.92 Å². The zero-order valence-electron chi connectivity index (χ0n) is 10.1. The molecule has 0 heterocycles. The number of hydrogen-bond donors (Lipinski definition) is 2. The van der Waals surface area contributed by atoms with E-state index in [0.717, 1.165) is 12.5 Å². The first kappa shape index (κ1) is 13.9. The van der Waals surface area contributed by atoms with E-state index in [9.17, 15) is 8.42 Å². The molecule has 1 fully saturated rings. The maximum absolute atomic E-state index is 10.7. The summed E-state index contributed by atoms with van der Waals surface area (Å²) in [4.78, 5) is 0. The highest BCUT2D eigenvalue weighted by Gasteiger charge is 2.19. The lowest BCUT2D eigenvalue weighted by atomic mass is 9.84. The molecular formula is C11H24N2O2S. The molecule has 1 aliphatic rings. The molecule has 1 rings (SSSR count). The molecule has 1 saturated carbocycles. The van der Waals surface area contributed by atoms with Gasteiger partial charge in [-0.25, -0.2) is 13.6 Å². The van der Waals surface area contributed by atoms with Crippen LogP contribution < -0.4 is 10.5 Å². The topological polar surface area (TPSA) is 72.2 Å². The molecule has 4 nitrogen and oxygen atoms in total. The van der Waals surface area contributed by atoms with Crippen LogP contribution in [0.5, 0.6) is 0 Å². The Morgan fingerprint density at radius 3 is 2.38 bits per heavy atom. The Morgan fingerprint density at radius 2 is 1.88 bits per heavy atom. The minimum Gasteiger partial charge on any atom is -0.314 e. The van der Waals surface area contributed by atoms with Crippen molar-refractivity contribution in [3.8, 4) is 0 Å². The molecule has 96 valence electrons. The smallest absolute Gasteiger partial charge is 0.209 e. The average molecular weight is 248 g/mol. The Bertz CT molecular complexity index is 282. The lowest BCUT2D eigenvalue weighted by Crippen LogP contribution is -2.34. The standard InChI is InChI=1S/C11H24N2O2S/c1-2-10-4-6-11(7-5-10)13-8-3-9-16(12,14)15/h10-11,13H,2-9H2,1H3,(H2,12,14,15). The molecular weight excluding hydrogens is 224 g/mol. The number of hydrogen-bond acceptors (Lipinski definition) is 3. The zero-order valence-corrected chi connectivity index (χ0v) is 10.9. The van der Waals surface area contributed by atoms with Crippen molar-refractivity contribution in [3.63, 3.8) is 0 Å². The maximum Gasteiger partial charge on any atom is 0.209 e. The fraction of sp³-hybridized carbons (Fsp3) is 1.00. The molecule has 0 bridgehead atoms. The summed E-state index contributed by atoms with van der Waals surface area (Å²) in [7, 11) is -3.28. The number of rotatable bonds is 6. The van der Waals surface area contributed by atoms with Gasteiger partial charge in [0, 0.05) is 6.04 Å². The van der Waals surface area contributed by atoms with Gasteiger partial charge in [0.15, 0.2) is 0 Å². The van der Waals surface area contributed by atoms with Gasteiger partial charge in [-0.1, -0.05) is 13.3 Å². The first-order valence-electron chi connectivity index (χ1n) is 6.25. The Kier molecular flexibility index (Phi) is 5.72. The van der Waals surface area contributed by atoms with Crippen LogP contribution in [0.2, 0.25) is 0 Å². The van der Waals surface area contributed by atoms with Gasteiger partial charge >= 0.3 is 0 Å². The largest absolute Gasteiger partial charge is 0.314 e. The van der Waals surface area contributed by atoms with Crippen LogP contribution in [0.1, 0.15) is 45.4 Å². The normalized spacial score (nSPS) is 26.9. The highest BCUT2D eigenvalue weighted by atomic mass is 32.2. The van der Waals surface area contributed by atoms with Gasteiger partial charge < -0.3 is 5.32 Å². The highest BCUT2D eigenvalue weighted by Crippen LogP contribution is 2.26. The number of nitrogens with one attached hydrogen (secondary N) is 1. The van der Waals surface area contributed by atoms with Crippen molar-refractivity contribution in [2.45, 2.75) is 51.5 Å². The third kappa shape index (κ3) is 5.82. The second-order valence-electron chi connectivity index (χ2n) is 4.80. The first-order chi connectivity index (χ1) is 7.51. The van der Waals surface area contributed by atoms with Crippen molar-refractivity contribution in [1.82, 2.24) is 5.32 Å². The fourth-order valence-electron chi connectivity index (χ4n) is 2.35. The van der Waals surface area contributed by atoms with E-state index in [4.69, 9.17) is 5.14 Å². The summed E-state index contributed by atoms with van der Waals surface area (Å²) in [6.45, 7) is 3.02. The molecule has 0 spiro atoms. The van der Waals surface area contributed by atoms with E-state index in [1.165, 1.54) is 32.1 Å². The molecule has 0 amide bonds. The lowest BCUT2D eigenvalue weighted by molar-refractivity contribution is 0.287. The Hall–Kier alpha value is -0.130. The molecule has 0 aromatic carbocycles. The van der Waals surface area contributed by atoms with E-state index >= 15 is 0 Å². The van der Waals surface area contributed by atoms with Crippen molar-refractivity contribution in [1.29, 1.82) is 0 Å². The van der Waals surface area contributed by atoms with Crippen LogP contribution in [0.25, 0.3) is 0 Å². The Labute approximate surface area is 99.0 Å². The van der Waals surface area contributed by atoms with Crippen molar-refractivity contribution in [2.24, 2.45) is 11.1 Å². The van der Waals surface area contributed by atoms with Gasteiger partial charge in [0.1, 0.15) is 0 Å². The van der Waals surface area contributed by atoms with E-state index in [1.54, 1.807) is 0 Å². The van der Waals surface area contributed by atoms with Crippen LogP contribution in [-0.2, 0) is 10.0 Å². The Morgan fingerprint density at radius 1 is 1.25 bits per heavy atom. The van der Waals surface area contributed by atoms with Gasteiger partial charge in [-0.15, -0.1) is 0 Å². The first-order valence-corrected chi connectivity index (χ1v) is 7.96. The van der Waals surface area contributed by atoms with E-state index in [0.29, 0.717) is 12.5 Å². The lowest BCUT2D eigenvalue weighted by Gasteiger charge is -2.28. The van der Waals surface area contributed by atoms with Gasteiger partial charge in [-0.2, -0.15) is 0 Å². The predicted octanol–water partition coefficient (Wildman–Crippen LogP) is 1.22. The summed E-state index contributed by atoms with van der Waals surface area (Å²) >= 11 is 0. The molecule has 0 unspecified atom stereocenters. The third-order valence-corrected chi connectivity index (χ3v) is 4.32. The quantitative estimate of drug-likeness (QED) is 0.694. The van der Waals surface area contributed by atoms with E-state index < -0.39 is 10.0 Å². The summed E-state index contributed by atoms with van der Waals surface area (Å²) in [5.74, 6) is 0.993. The minimum absolute atomic E-state index is 0.0876. The molecule has 3 N–H and O–H groups in total. The monoisotopic (exact) mass is 248 g/mol. The average Bonchev–Trinajstić information content (AvgIpc) is 2.24. The third-order valence-electron chi connectivity index (χ3n) is 3.46. The summed E-state index contributed by atoms with van der Waals surface area (Å²) in [5.41, 5.74) is 0. The van der Waals surface area contributed by atoms with Crippen molar-refractivity contribution >= 4 is 10.0 Å². The number of sulfonamides is 1. The van der Waals surface area contributed by atoms with Crippen LogP contribution in [0.3, 0.4) is 0 Å². The second-order valence-corrected chi connectivity index (χ2v) is 6.53. The van der Waals surface area contributed by atoms with E-state index in [-0.39, 0.29) is 5.75 Å². The molecule has 1 aliphatic carbocycles. The van der Waals surface area contributed by atoms with Crippen molar-refractivity contribution < 1.29 is 8.42 Å². The molecule has 5 heteroatoms. The van der Waals surface area contributed by atoms with Crippen LogP contribution in [-0.4, -0.2) is 26.8 Å². The molecule has 0 aliphatic heterocycles. The molecule has 0 radical (unpaired) electrons. The molecule has 0 saturated heterocycles.